The number of amides is 1. The first-order valence-electron chi connectivity index (χ1n) is 10.6. The van der Waals surface area contributed by atoms with E-state index >= 15 is 0 Å². The van der Waals surface area contributed by atoms with Crippen LogP contribution in [0.5, 0.6) is 0 Å². The second-order valence-electron chi connectivity index (χ2n) is 9.28. The molecular formula is C25H31NO5. The number of carboxylic acid groups (broad SMARTS) is 1. The largest absolute Gasteiger partial charge is 0.481 e. The van der Waals surface area contributed by atoms with Crippen LogP contribution in [-0.4, -0.2) is 41.5 Å². The Hall–Kier alpha value is -2.86. The molecule has 0 atom stereocenters. The van der Waals surface area contributed by atoms with E-state index in [0.717, 1.165) is 0 Å². The summed E-state index contributed by atoms with van der Waals surface area (Å²) in [5, 5.41) is 11.7. The smallest absolute Gasteiger partial charge is 0.407 e. The topological polar surface area (TPSA) is 84.9 Å². The molecule has 0 spiro atoms. The van der Waals surface area contributed by atoms with E-state index in [0.29, 0.717) is 6.42 Å². The Balaban J connectivity index is 1.56. The summed E-state index contributed by atoms with van der Waals surface area (Å²) in [6.07, 6.45) is -0.0739. The molecule has 6 nitrogen and oxygen atoms in total. The molecule has 1 amide bonds. The van der Waals surface area contributed by atoms with Gasteiger partial charge in [0.15, 0.2) is 0 Å². The van der Waals surface area contributed by atoms with Crippen molar-refractivity contribution in [3.05, 3.63) is 59.7 Å². The fourth-order valence-corrected chi connectivity index (χ4v) is 3.80. The third-order valence-corrected chi connectivity index (χ3v) is 5.55. The van der Waals surface area contributed by atoms with Gasteiger partial charge in [0.05, 0.1) is 17.7 Å². The van der Waals surface area contributed by atoms with Crippen molar-refractivity contribution in [1.82, 2.24) is 5.32 Å². The van der Waals surface area contributed by atoms with Crippen LogP contribution in [0.4, 0.5) is 4.79 Å². The number of hydrogen-bond donors (Lipinski definition) is 2. The minimum absolute atomic E-state index is 0.00691. The maximum Gasteiger partial charge on any atom is 0.407 e. The van der Waals surface area contributed by atoms with Crippen molar-refractivity contribution >= 4 is 12.1 Å². The fourth-order valence-electron chi connectivity index (χ4n) is 3.80. The lowest BCUT2D eigenvalue weighted by Crippen LogP contribution is -2.49. The van der Waals surface area contributed by atoms with Crippen LogP contribution in [0, 0.1) is 0 Å². The molecule has 0 saturated carbocycles. The lowest BCUT2D eigenvalue weighted by atomic mass is 9.98. The number of aliphatic carboxylic acids is 1. The molecule has 3 rings (SSSR count). The Bertz CT molecular complexity index is 905. The molecule has 2 aromatic carbocycles. The number of fused-ring (bicyclic) bond motifs is 3. The highest BCUT2D eigenvalue weighted by atomic mass is 16.5. The summed E-state index contributed by atoms with van der Waals surface area (Å²) in [5.41, 5.74) is 3.44. The van der Waals surface area contributed by atoms with Gasteiger partial charge in [-0.2, -0.15) is 0 Å². The summed E-state index contributed by atoms with van der Waals surface area (Å²) in [6, 6.07) is 16.4. The normalized spacial score (nSPS) is 13.4. The minimum Gasteiger partial charge on any atom is -0.481 e. The lowest BCUT2D eigenvalue weighted by Gasteiger charge is -2.32. The number of rotatable bonds is 9. The summed E-state index contributed by atoms with van der Waals surface area (Å²) in [5.74, 6) is -0.847. The minimum atomic E-state index is -0.854. The zero-order valence-electron chi connectivity index (χ0n) is 18.6. The summed E-state index contributed by atoms with van der Waals surface area (Å²) >= 11 is 0. The van der Waals surface area contributed by atoms with Gasteiger partial charge in [0.25, 0.3) is 0 Å². The van der Waals surface area contributed by atoms with Crippen LogP contribution in [0.2, 0.25) is 0 Å². The predicted octanol–water partition coefficient (Wildman–Crippen LogP) is 4.96. The van der Waals surface area contributed by atoms with E-state index < -0.39 is 23.2 Å². The molecule has 0 aliphatic heterocycles. The van der Waals surface area contributed by atoms with Gasteiger partial charge >= 0.3 is 12.1 Å². The molecule has 0 saturated heterocycles. The number of benzene rings is 2. The molecule has 2 N–H and O–H groups in total. The van der Waals surface area contributed by atoms with Gasteiger partial charge in [0, 0.05) is 12.3 Å². The van der Waals surface area contributed by atoms with Crippen molar-refractivity contribution < 1.29 is 24.2 Å². The van der Waals surface area contributed by atoms with Gasteiger partial charge in [-0.3, -0.25) is 4.79 Å². The number of carboxylic acids is 1. The Morgan fingerprint density at radius 1 is 0.968 bits per heavy atom. The van der Waals surface area contributed by atoms with Crippen LogP contribution < -0.4 is 5.32 Å². The van der Waals surface area contributed by atoms with Gasteiger partial charge in [-0.05, 0) is 56.4 Å². The Morgan fingerprint density at radius 2 is 1.52 bits per heavy atom. The average Bonchev–Trinajstić information content (AvgIpc) is 3.03. The molecule has 166 valence electrons. The highest BCUT2D eigenvalue weighted by Crippen LogP contribution is 2.44. The van der Waals surface area contributed by atoms with E-state index in [1.807, 2.05) is 52.0 Å². The van der Waals surface area contributed by atoms with Gasteiger partial charge in [0.2, 0.25) is 0 Å². The van der Waals surface area contributed by atoms with Crippen LogP contribution in [-0.2, 0) is 14.3 Å². The molecule has 31 heavy (non-hydrogen) atoms. The molecule has 0 bridgehead atoms. The molecule has 2 aromatic rings. The van der Waals surface area contributed by atoms with Crippen molar-refractivity contribution in [2.75, 3.05) is 13.2 Å². The van der Waals surface area contributed by atoms with E-state index in [1.165, 1.54) is 22.3 Å². The lowest BCUT2D eigenvalue weighted by molar-refractivity contribution is -0.139. The first-order valence-corrected chi connectivity index (χ1v) is 10.6. The highest BCUT2D eigenvalue weighted by Gasteiger charge is 2.31. The van der Waals surface area contributed by atoms with Crippen molar-refractivity contribution in [2.24, 2.45) is 0 Å². The van der Waals surface area contributed by atoms with Gasteiger partial charge in [0.1, 0.15) is 6.61 Å². The van der Waals surface area contributed by atoms with Crippen LogP contribution >= 0.6 is 0 Å². The van der Waals surface area contributed by atoms with Gasteiger partial charge in [-0.1, -0.05) is 48.5 Å². The number of nitrogens with one attached hydrogen (secondary N) is 1. The zero-order valence-corrected chi connectivity index (χ0v) is 18.6. The van der Waals surface area contributed by atoms with Gasteiger partial charge in [-0.15, -0.1) is 0 Å². The summed E-state index contributed by atoms with van der Waals surface area (Å²) in [6.45, 7) is 7.88. The van der Waals surface area contributed by atoms with E-state index in [4.69, 9.17) is 14.6 Å². The van der Waals surface area contributed by atoms with E-state index in [2.05, 4.69) is 29.6 Å². The number of carbonyl (C=O) groups excluding carboxylic acids is 1. The fraction of sp³-hybridized carbons (Fsp3) is 0.440. The quantitative estimate of drug-likeness (QED) is 0.593. The first-order chi connectivity index (χ1) is 14.6. The van der Waals surface area contributed by atoms with E-state index in [9.17, 15) is 9.59 Å². The summed E-state index contributed by atoms with van der Waals surface area (Å²) < 4.78 is 11.5. The first kappa shape index (κ1) is 22.8. The molecule has 6 heteroatoms. The number of hydrogen-bond acceptors (Lipinski definition) is 4. The van der Waals surface area contributed by atoms with E-state index in [1.54, 1.807) is 0 Å². The van der Waals surface area contributed by atoms with Crippen LogP contribution in [0.3, 0.4) is 0 Å². The number of alkyl carbamates (subject to hydrolysis) is 1. The van der Waals surface area contributed by atoms with Crippen molar-refractivity contribution in [3.63, 3.8) is 0 Å². The number of ether oxygens (including phenoxy) is 2. The second kappa shape index (κ2) is 9.10. The standard InChI is InChI=1S/C25H31NO5/c1-24(2,16-31-25(3,4)14-13-22(27)28)26-23(29)30-15-21-19-11-7-5-9-17(19)18-10-6-8-12-20(18)21/h5-12,21H,13-16H2,1-4H3,(H,26,29)(H,27,28). The molecule has 0 unspecified atom stereocenters. The number of carbonyl (C=O) groups is 2. The van der Waals surface area contributed by atoms with E-state index in [-0.39, 0.29) is 25.6 Å². The predicted molar refractivity (Wildman–Crippen MR) is 119 cm³/mol. The maximum absolute atomic E-state index is 12.5. The molecule has 0 radical (unpaired) electrons. The maximum atomic E-state index is 12.5. The molecule has 0 fully saturated rings. The molecular weight excluding hydrogens is 394 g/mol. The zero-order chi connectivity index (χ0) is 22.6. The van der Waals surface area contributed by atoms with Crippen LogP contribution in [0.15, 0.2) is 48.5 Å². The SMILES string of the molecule is CC(C)(COC(C)(C)CCC(=O)O)NC(=O)OCC1c2ccccc2-c2ccccc21. The van der Waals surface area contributed by atoms with Crippen molar-refractivity contribution in [2.45, 2.75) is 57.6 Å². The van der Waals surface area contributed by atoms with Gasteiger partial charge < -0.3 is 19.9 Å². The van der Waals surface area contributed by atoms with Gasteiger partial charge in [-0.25, -0.2) is 4.79 Å². The monoisotopic (exact) mass is 425 g/mol. The van der Waals surface area contributed by atoms with Crippen LogP contribution in [0.1, 0.15) is 57.6 Å². The summed E-state index contributed by atoms with van der Waals surface area (Å²) in [4.78, 5) is 23.3. The Labute approximate surface area is 183 Å². The third kappa shape index (κ3) is 5.85. The van der Waals surface area contributed by atoms with Crippen molar-refractivity contribution in [3.8, 4) is 11.1 Å². The Kier molecular flexibility index (Phi) is 6.70. The summed E-state index contributed by atoms with van der Waals surface area (Å²) in [7, 11) is 0. The Morgan fingerprint density at radius 3 is 2.06 bits per heavy atom. The second-order valence-corrected chi connectivity index (χ2v) is 9.28. The molecule has 1 aliphatic rings. The highest BCUT2D eigenvalue weighted by molar-refractivity contribution is 5.79. The molecule has 1 aliphatic carbocycles. The van der Waals surface area contributed by atoms with Crippen LogP contribution in [0.25, 0.3) is 11.1 Å². The molecule has 0 aromatic heterocycles. The molecule has 0 heterocycles. The van der Waals surface area contributed by atoms with Crippen molar-refractivity contribution in [1.29, 1.82) is 0 Å². The average molecular weight is 426 g/mol. The third-order valence-electron chi connectivity index (χ3n) is 5.55.